The van der Waals surface area contributed by atoms with Gasteiger partial charge >= 0.3 is 6.18 Å². The van der Waals surface area contributed by atoms with Crippen LogP contribution in [0.4, 0.5) is 18.9 Å². The van der Waals surface area contributed by atoms with Crippen LogP contribution in [0.1, 0.15) is 19.4 Å². The Morgan fingerprint density at radius 2 is 1.95 bits per heavy atom. The summed E-state index contributed by atoms with van der Waals surface area (Å²) in [6, 6.07) is 5.12. The lowest BCUT2D eigenvalue weighted by Crippen LogP contribution is -2.08. The average molecular weight is 270 g/mol. The van der Waals surface area contributed by atoms with Crippen molar-refractivity contribution < 1.29 is 13.2 Å². The molecule has 0 saturated heterocycles. The third-order valence-electron chi connectivity index (χ3n) is 2.62. The minimum atomic E-state index is -4.33. The highest BCUT2D eigenvalue weighted by molar-refractivity contribution is 5.54. The lowest BCUT2D eigenvalue weighted by Gasteiger charge is -2.14. The SMILES string of the molecule is C/C=C(C)\C(=C/NC)Nc1cccc(C(F)(F)F)c1. The molecule has 0 bridgehead atoms. The highest BCUT2D eigenvalue weighted by Crippen LogP contribution is 2.31. The third-order valence-corrected chi connectivity index (χ3v) is 2.62. The first-order chi connectivity index (χ1) is 8.88. The van der Waals surface area contributed by atoms with E-state index in [1.165, 1.54) is 6.07 Å². The first kappa shape index (κ1) is 15.1. The molecule has 0 heterocycles. The Morgan fingerprint density at radius 3 is 2.47 bits per heavy atom. The molecule has 0 aliphatic carbocycles. The van der Waals surface area contributed by atoms with Crippen LogP contribution in [-0.2, 0) is 6.18 Å². The summed E-state index contributed by atoms with van der Waals surface area (Å²) in [6.45, 7) is 3.75. The van der Waals surface area contributed by atoms with Gasteiger partial charge in [0.15, 0.2) is 0 Å². The molecule has 2 N–H and O–H groups in total. The molecule has 0 fully saturated rings. The highest BCUT2D eigenvalue weighted by atomic mass is 19.4. The standard InChI is InChI=1S/C14H17F3N2/c1-4-10(2)13(9-18-3)19-12-7-5-6-11(8-12)14(15,16)17/h4-9,18-19H,1-3H3/b10-4-,13-9+. The van der Waals surface area contributed by atoms with Gasteiger partial charge in [-0.3, -0.25) is 0 Å². The molecule has 19 heavy (non-hydrogen) atoms. The average Bonchev–Trinajstić information content (AvgIpc) is 2.36. The number of benzene rings is 1. The zero-order chi connectivity index (χ0) is 14.5. The van der Waals surface area contributed by atoms with Crippen LogP contribution in [0.25, 0.3) is 0 Å². The van der Waals surface area contributed by atoms with E-state index in [0.717, 1.165) is 23.4 Å². The minimum absolute atomic E-state index is 0.400. The smallest absolute Gasteiger partial charge is 0.392 e. The van der Waals surface area contributed by atoms with Gasteiger partial charge in [-0.2, -0.15) is 13.2 Å². The van der Waals surface area contributed by atoms with Crippen molar-refractivity contribution in [2.45, 2.75) is 20.0 Å². The molecule has 0 atom stereocenters. The van der Waals surface area contributed by atoms with Gasteiger partial charge in [0.2, 0.25) is 0 Å². The molecular weight excluding hydrogens is 253 g/mol. The molecule has 0 spiro atoms. The molecule has 1 aromatic carbocycles. The Morgan fingerprint density at radius 1 is 1.26 bits per heavy atom. The first-order valence-corrected chi connectivity index (χ1v) is 5.83. The molecule has 1 aromatic rings. The monoisotopic (exact) mass is 270 g/mol. The maximum atomic E-state index is 12.6. The second kappa shape index (κ2) is 6.31. The van der Waals surface area contributed by atoms with E-state index in [1.54, 1.807) is 19.3 Å². The van der Waals surface area contributed by atoms with E-state index < -0.39 is 11.7 Å². The van der Waals surface area contributed by atoms with Crippen LogP contribution in [0.15, 0.2) is 47.8 Å². The van der Waals surface area contributed by atoms with E-state index in [-0.39, 0.29) is 0 Å². The van der Waals surface area contributed by atoms with E-state index in [0.29, 0.717) is 5.69 Å². The summed E-state index contributed by atoms with van der Waals surface area (Å²) in [5.74, 6) is 0. The van der Waals surface area contributed by atoms with Gasteiger partial charge in [-0.15, -0.1) is 0 Å². The van der Waals surface area contributed by atoms with Crippen molar-refractivity contribution in [3.63, 3.8) is 0 Å². The van der Waals surface area contributed by atoms with Gasteiger partial charge < -0.3 is 10.6 Å². The van der Waals surface area contributed by atoms with Crippen LogP contribution in [-0.4, -0.2) is 7.05 Å². The summed E-state index contributed by atoms with van der Waals surface area (Å²) < 4.78 is 37.8. The van der Waals surface area contributed by atoms with Crippen LogP contribution in [0, 0.1) is 0 Å². The largest absolute Gasteiger partial charge is 0.416 e. The number of halogens is 3. The van der Waals surface area contributed by atoms with Crippen molar-refractivity contribution in [3.8, 4) is 0 Å². The van der Waals surface area contributed by atoms with E-state index in [4.69, 9.17) is 0 Å². The van der Waals surface area contributed by atoms with Gasteiger partial charge in [0.1, 0.15) is 0 Å². The van der Waals surface area contributed by atoms with E-state index in [1.807, 2.05) is 19.9 Å². The summed E-state index contributed by atoms with van der Waals surface area (Å²) in [5.41, 5.74) is 1.40. The number of nitrogens with one attached hydrogen (secondary N) is 2. The predicted octanol–water partition coefficient (Wildman–Crippen LogP) is 4.14. The molecule has 0 saturated carbocycles. The van der Waals surface area contributed by atoms with Crippen molar-refractivity contribution in [3.05, 3.63) is 53.4 Å². The van der Waals surface area contributed by atoms with Crippen molar-refractivity contribution in [1.29, 1.82) is 0 Å². The minimum Gasteiger partial charge on any atom is -0.392 e. The predicted molar refractivity (Wildman–Crippen MR) is 71.6 cm³/mol. The van der Waals surface area contributed by atoms with Crippen molar-refractivity contribution >= 4 is 5.69 Å². The maximum absolute atomic E-state index is 12.6. The fourth-order valence-corrected chi connectivity index (χ4v) is 1.48. The summed E-state index contributed by atoms with van der Waals surface area (Å²) in [7, 11) is 1.73. The van der Waals surface area contributed by atoms with Crippen LogP contribution >= 0.6 is 0 Å². The Bertz CT molecular complexity index is 488. The molecule has 0 unspecified atom stereocenters. The molecule has 2 nitrogen and oxygen atoms in total. The molecular formula is C14H17F3N2. The number of allylic oxidation sites excluding steroid dienone is 2. The molecule has 0 aliphatic rings. The molecule has 104 valence electrons. The number of alkyl halides is 3. The normalized spacial score (nSPS) is 13.4. The summed E-state index contributed by atoms with van der Waals surface area (Å²) in [5, 5.41) is 5.83. The fraction of sp³-hybridized carbons (Fsp3) is 0.286. The second-order valence-corrected chi connectivity index (χ2v) is 4.02. The Hall–Kier alpha value is -1.91. The van der Waals surface area contributed by atoms with Gasteiger partial charge in [0, 0.05) is 18.9 Å². The van der Waals surface area contributed by atoms with Crippen LogP contribution in [0.3, 0.4) is 0 Å². The van der Waals surface area contributed by atoms with E-state index >= 15 is 0 Å². The maximum Gasteiger partial charge on any atom is 0.416 e. The molecule has 0 radical (unpaired) electrons. The Balaban J connectivity index is 3.02. The number of rotatable bonds is 4. The van der Waals surface area contributed by atoms with Crippen molar-refractivity contribution in [1.82, 2.24) is 5.32 Å². The molecule has 5 heteroatoms. The van der Waals surface area contributed by atoms with Crippen LogP contribution in [0.2, 0.25) is 0 Å². The van der Waals surface area contributed by atoms with Gasteiger partial charge in [0.25, 0.3) is 0 Å². The van der Waals surface area contributed by atoms with Crippen molar-refractivity contribution in [2.75, 3.05) is 12.4 Å². The van der Waals surface area contributed by atoms with Crippen LogP contribution < -0.4 is 10.6 Å². The molecule has 0 aliphatic heterocycles. The Labute approximate surface area is 111 Å². The van der Waals surface area contributed by atoms with Gasteiger partial charge in [0.05, 0.1) is 11.3 Å². The number of anilines is 1. The third kappa shape index (κ3) is 4.35. The van der Waals surface area contributed by atoms with E-state index in [9.17, 15) is 13.2 Å². The first-order valence-electron chi connectivity index (χ1n) is 5.83. The fourth-order valence-electron chi connectivity index (χ4n) is 1.48. The van der Waals surface area contributed by atoms with Crippen LogP contribution in [0.5, 0.6) is 0 Å². The highest BCUT2D eigenvalue weighted by Gasteiger charge is 2.30. The number of hydrogen-bond donors (Lipinski definition) is 2. The zero-order valence-corrected chi connectivity index (χ0v) is 11.1. The lowest BCUT2D eigenvalue weighted by atomic mass is 10.1. The topological polar surface area (TPSA) is 24.1 Å². The summed E-state index contributed by atoms with van der Waals surface area (Å²) >= 11 is 0. The molecule has 1 rings (SSSR count). The second-order valence-electron chi connectivity index (χ2n) is 4.02. The quantitative estimate of drug-likeness (QED) is 0.803. The van der Waals surface area contributed by atoms with Gasteiger partial charge in [-0.25, -0.2) is 0 Å². The number of hydrogen-bond acceptors (Lipinski definition) is 2. The summed E-state index contributed by atoms with van der Waals surface area (Å²) in [4.78, 5) is 0. The molecule has 0 amide bonds. The summed E-state index contributed by atoms with van der Waals surface area (Å²) in [6.07, 6.45) is -0.750. The lowest BCUT2D eigenvalue weighted by molar-refractivity contribution is -0.137. The zero-order valence-electron chi connectivity index (χ0n) is 11.1. The van der Waals surface area contributed by atoms with Crippen molar-refractivity contribution in [2.24, 2.45) is 0 Å². The van der Waals surface area contributed by atoms with E-state index in [2.05, 4.69) is 10.6 Å². The van der Waals surface area contributed by atoms with Gasteiger partial charge in [-0.05, 0) is 37.6 Å². The Kier molecular flexibility index (Phi) is 5.03. The van der Waals surface area contributed by atoms with Gasteiger partial charge in [-0.1, -0.05) is 12.1 Å². The molecule has 0 aromatic heterocycles.